The van der Waals surface area contributed by atoms with Crippen molar-refractivity contribution < 1.29 is 9.84 Å². The molecule has 0 spiro atoms. The van der Waals surface area contributed by atoms with Crippen molar-refractivity contribution >= 4 is 0 Å². The van der Waals surface area contributed by atoms with Crippen LogP contribution in [-0.2, 0) is 6.54 Å². The van der Waals surface area contributed by atoms with Gasteiger partial charge in [-0.2, -0.15) is 0 Å². The molecule has 1 aromatic rings. The summed E-state index contributed by atoms with van der Waals surface area (Å²) >= 11 is 0. The summed E-state index contributed by atoms with van der Waals surface area (Å²) in [6, 6.07) is 8.20. The van der Waals surface area contributed by atoms with Gasteiger partial charge in [-0.25, -0.2) is 0 Å². The fraction of sp³-hybridized carbons (Fsp3) is 0.739. The maximum atomic E-state index is 8.65. The zero-order chi connectivity index (χ0) is 20.6. The number of methoxy groups -OCH3 is 1. The van der Waals surface area contributed by atoms with Crippen LogP contribution in [0.4, 0.5) is 0 Å². The molecule has 0 unspecified atom stereocenters. The van der Waals surface area contributed by atoms with Gasteiger partial charge in [0.1, 0.15) is 5.75 Å². The van der Waals surface area contributed by atoms with Gasteiger partial charge in [-0.05, 0) is 54.3 Å². The van der Waals surface area contributed by atoms with Crippen LogP contribution in [0.2, 0.25) is 0 Å². The van der Waals surface area contributed by atoms with Crippen LogP contribution >= 0.6 is 0 Å². The number of rotatable bonds is 9. The minimum atomic E-state index is 0.300. The van der Waals surface area contributed by atoms with E-state index in [0.717, 1.165) is 31.2 Å². The van der Waals surface area contributed by atoms with Gasteiger partial charge >= 0.3 is 0 Å². The van der Waals surface area contributed by atoms with Gasteiger partial charge in [-0.3, -0.25) is 0 Å². The first-order valence-corrected chi connectivity index (χ1v) is 10.2. The molecule has 0 bridgehead atoms. The Hall–Kier alpha value is -1.06. The fourth-order valence-electron chi connectivity index (χ4n) is 1.94. The summed E-state index contributed by atoms with van der Waals surface area (Å²) < 4.78 is 5.11. The number of aliphatic hydroxyl groups is 1. The first-order valence-electron chi connectivity index (χ1n) is 10.2. The summed E-state index contributed by atoms with van der Waals surface area (Å²) in [5.74, 6) is 2.35. The molecular formula is C23H45NO2. The molecule has 0 atom stereocenters. The highest BCUT2D eigenvalue weighted by atomic mass is 16.5. The number of hydrogen-bond donors (Lipinski definition) is 2. The van der Waals surface area contributed by atoms with Crippen molar-refractivity contribution in [2.75, 3.05) is 20.3 Å². The zero-order valence-corrected chi connectivity index (χ0v) is 18.9. The molecule has 154 valence electrons. The van der Waals surface area contributed by atoms with Crippen LogP contribution < -0.4 is 10.1 Å². The van der Waals surface area contributed by atoms with E-state index in [2.05, 4.69) is 59.0 Å². The van der Waals surface area contributed by atoms with E-state index in [1.54, 1.807) is 7.11 Å². The third-order valence-electron chi connectivity index (χ3n) is 4.71. The van der Waals surface area contributed by atoms with Crippen molar-refractivity contribution in [3.05, 3.63) is 29.8 Å². The average Bonchev–Trinajstić information content (AvgIpc) is 2.61. The van der Waals surface area contributed by atoms with Crippen molar-refractivity contribution in [1.82, 2.24) is 5.32 Å². The van der Waals surface area contributed by atoms with E-state index in [1.807, 2.05) is 26.0 Å². The second-order valence-corrected chi connectivity index (χ2v) is 7.82. The Morgan fingerprint density at radius 1 is 1.04 bits per heavy atom. The minimum absolute atomic E-state index is 0.300. The van der Waals surface area contributed by atoms with Crippen LogP contribution in [0.1, 0.15) is 73.8 Å². The minimum Gasteiger partial charge on any atom is -0.497 e. The second-order valence-electron chi connectivity index (χ2n) is 7.82. The molecule has 0 aliphatic carbocycles. The molecule has 0 fully saturated rings. The van der Waals surface area contributed by atoms with Gasteiger partial charge in [0.25, 0.3) is 0 Å². The van der Waals surface area contributed by atoms with Crippen LogP contribution in [0.5, 0.6) is 5.75 Å². The molecule has 1 aromatic carbocycles. The quantitative estimate of drug-likeness (QED) is 0.533. The summed E-state index contributed by atoms with van der Waals surface area (Å²) in [7, 11) is 1.69. The molecule has 3 nitrogen and oxygen atoms in total. The Kier molecular flexibility index (Phi) is 16.9. The van der Waals surface area contributed by atoms with Gasteiger partial charge in [0, 0.05) is 13.2 Å². The van der Waals surface area contributed by atoms with Gasteiger partial charge in [0.2, 0.25) is 0 Å². The van der Waals surface area contributed by atoms with Gasteiger partial charge in [-0.15, -0.1) is 0 Å². The number of nitrogens with one attached hydrogen (secondary N) is 1. The monoisotopic (exact) mass is 367 g/mol. The summed E-state index contributed by atoms with van der Waals surface area (Å²) in [5.41, 5.74) is 1.61. The first-order chi connectivity index (χ1) is 12.2. The maximum Gasteiger partial charge on any atom is 0.118 e. The van der Waals surface area contributed by atoms with Crippen molar-refractivity contribution in [2.24, 2.45) is 17.3 Å². The number of aliphatic hydroxyl groups excluding tert-OH is 1. The van der Waals surface area contributed by atoms with E-state index >= 15 is 0 Å². The number of ether oxygens (including phenoxy) is 1. The van der Waals surface area contributed by atoms with Crippen LogP contribution in [0.3, 0.4) is 0 Å². The topological polar surface area (TPSA) is 41.5 Å². The molecule has 0 heterocycles. The summed E-state index contributed by atoms with van der Waals surface area (Å²) in [4.78, 5) is 0. The first kappa shape index (κ1) is 27.2. The largest absolute Gasteiger partial charge is 0.497 e. The Morgan fingerprint density at radius 2 is 1.58 bits per heavy atom. The lowest BCUT2D eigenvalue weighted by molar-refractivity contribution is 0.164. The number of benzene rings is 1. The predicted molar refractivity (Wildman–Crippen MR) is 116 cm³/mol. The second kappa shape index (κ2) is 16.1. The van der Waals surface area contributed by atoms with E-state index < -0.39 is 0 Å². The predicted octanol–water partition coefficient (Wildman–Crippen LogP) is 5.91. The highest BCUT2D eigenvalue weighted by Crippen LogP contribution is 2.29. The summed E-state index contributed by atoms with van der Waals surface area (Å²) in [6.07, 6.45) is 2.14. The van der Waals surface area contributed by atoms with Crippen LogP contribution in [0.25, 0.3) is 0 Å². The Morgan fingerprint density at radius 3 is 1.92 bits per heavy atom. The van der Waals surface area contributed by atoms with E-state index in [4.69, 9.17) is 9.84 Å². The molecule has 0 saturated heterocycles. The normalized spacial score (nSPS) is 10.8. The maximum absolute atomic E-state index is 8.65. The molecule has 0 radical (unpaired) electrons. The lowest BCUT2D eigenvalue weighted by Crippen LogP contribution is -2.20. The van der Waals surface area contributed by atoms with Gasteiger partial charge in [0.15, 0.2) is 0 Å². The van der Waals surface area contributed by atoms with Gasteiger partial charge in [-0.1, -0.05) is 67.5 Å². The van der Waals surface area contributed by atoms with Crippen LogP contribution in [0, 0.1) is 17.3 Å². The molecular weight excluding hydrogens is 322 g/mol. The molecule has 0 saturated carbocycles. The van der Waals surface area contributed by atoms with Crippen LogP contribution in [0.15, 0.2) is 24.3 Å². The van der Waals surface area contributed by atoms with E-state index in [-0.39, 0.29) is 0 Å². The van der Waals surface area contributed by atoms with E-state index in [0.29, 0.717) is 17.9 Å². The lowest BCUT2D eigenvalue weighted by atomic mass is 9.79. The third-order valence-corrected chi connectivity index (χ3v) is 4.71. The number of hydrogen-bond acceptors (Lipinski definition) is 3. The van der Waals surface area contributed by atoms with Crippen molar-refractivity contribution in [3.63, 3.8) is 0 Å². The SMILES string of the molecule is CC.CC(C)C(C)(C)CCO.COc1ccc(CNCCC(C)C)cc1. The molecule has 26 heavy (non-hydrogen) atoms. The average molecular weight is 368 g/mol. The van der Waals surface area contributed by atoms with Gasteiger partial charge < -0.3 is 15.2 Å². The van der Waals surface area contributed by atoms with E-state index in [1.165, 1.54) is 12.0 Å². The standard InChI is InChI=1S/C13H21NO.C8H18O.C2H6/c1-11(2)8-9-14-10-12-4-6-13(15-3)7-5-12;1-7(2)8(3,4)5-6-9;1-2/h4-7,11,14H,8-10H2,1-3H3;7,9H,5-6H2,1-4H3;1-2H3. The van der Waals surface area contributed by atoms with Gasteiger partial charge in [0.05, 0.1) is 7.11 Å². The molecule has 1 rings (SSSR count). The highest BCUT2D eigenvalue weighted by Gasteiger charge is 2.20. The molecule has 0 aromatic heterocycles. The smallest absolute Gasteiger partial charge is 0.118 e. The van der Waals surface area contributed by atoms with E-state index in [9.17, 15) is 0 Å². The Bertz CT molecular complexity index is 411. The van der Waals surface area contributed by atoms with Crippen LogP contribution in [-0.4, -0.2) is 25.4 Å². The summed E-state index contributed by atoms with van der Waals surface area (Å²) in [6.45, 7) is 19.6. The lowest BCUT2D eigenvalue weighted by Gasteiger charge is -2.27. The highest BCUT2D eigenvalue weighted by molar-refractivity contribution is 5.26. The fourth-order valence-corrected chi connectivity index (χ4v) is 1.94. The Balaban J connectivity index is 0. The Labute approximate surface area is 163 Å². The van der Waals surface area contributed by atoms with Crippen molar-refractivity contribution in [1.29, 1.82) is 0 Å². The summed E-state index contributed by atoms with van der Waals surface area (Å²) in [5, 5.41) is 12.1. The van der Waals surface area contributed by atoms with Crippen molar-refractivity contribution in [3.8, 4) is 5.75 Å². The molecule has 3 heteroatoms. The third kappa shape index (κ3) is 14.1. The zero-order valence-electron chi connectivity index (χ0n) is 18.9. The molecule has 0 aliphatic rings. The molecule has 0 aliphatic heterocycles. The molecule has 2 N–H and O–H groups in total. The molecule has 0 amide bonds. The van der Waals surface area contributed by atoms with Crippen molar-refractivity contribution in [2.45, 2.75) is 74.8 Å².